The number of carbonyl (C=O) groups is 2. The molecule has 1 aromatic heterocycles. The summed E-state index contributed by atoms with van der Waals surface area (Å²) in [5, 5.41) is 7.11. The minimum Gasteiger partial charge on any atom is -0.385 e. The molecule has 126 valence electrons. The topological polar surface area (TPSA) is 101 Å². The Bertz CT molecular complexity index is 596. The molecule has 2 heterocycles. The molecular weight excluding hydrogens is 296 g/mol. The molecule has 1 aliphatic heterocycles. The Morgan fingerprint density at radius 2 is 2.30 bits per heavy atom. The van der Waals surface area contributed by atoms with Crippen molar-refractivity contribution in [3.63, 3.8) is 0 Å². The number of likely N-dealkylation sites (tertiary alicyclic amines) is 1. The quantitative estimate of drug-likeness (QED) is 0.817. The van der Waals surface area contributed by atoms with E-state index in [-0.39, 0.29) is 11.8 Å². The van der Waals surface area contributed by atoms with Gasteiger partial charge in [-0.15, -0.1) is 0 Å². The predicted molar refractivity (Wildman–Crippen MR) is 83.8 cm³/mol. The van der Waals surface area contributed by atoms with Crippen molar-refractivity contribution in [1.29, 1.82) is 0 Å². The van der Waals surface area contributed by atoms with Crippen molar-refractivity contribution in [3.05, 3.63) is 17.5 Å². The lowest BCUT2D eigenvalue weighted by molar-refractivity contribution is -0.131. The summed E-state index contributed by atoms with van der Waals surface area (Å²) in [5.74, 6) is 0.0421. The number of rotatable bonds is 6. The second-order valence-electron chi connectivity index (χ2n) is 6.70. The molecule has 1 aromatic rings. The molecule has 7 heteroatoms. The molecule has 1 atom stereocenters. The number of nitrogens with one attached hydrogen (secondary N) is 1. The zero-order valence-electron chi connectivity index (χ0n) is 13.5. The molecule has 23 heavy (non-hydrogen) atoms. The average Bonchev–Trinajstić information content (AvgIpc) is 3.29. The first kappa shape index (κ1) is 16.0. The van der Waals surface area contributed by atoms with E-state index >= 15 is 0 Å². The van der Waals surface area contributed by atoms with Crippen LogP contribution in [0, 0.1) is 5.41 Å². The van der Waals surface area contributed by atoms with Crippen LogP contribution in [0.3, 0.4) is 0 Å². The molecule has 1 aliphatic carbocycles. The van der Waals surface area contributed by atoms with Gasteiger partial charge in [0.25, 0.3) is 5.91 Å². The summed E-state index contributed by atoms with van der Waals surface area (Å²) in [4.78, 5) is 26.4. The average molecular weight is 320 g/mol. The lowest BCUT2D eigenvalue weighted by Crippen LogP contribution is -2.52. The van der Waals surface area contributed by atoms with E-state index in [1.807, 2.05) is 6.07 Å². The van der Waals surface area contributed by atoms with E-state index in [0.717, 1.165) is 25.0 Å². The molecule has 2 aliphatic rings. The number of aromatic nitrogens is 2. The molecule has 2 fully saturated rings. The number of ether oxygens (including phenoxy) is 1. The number of methoxy groups -OCH3 is 1. The zero-order chi connectivity index (χ0) is 16.4. The maximum Gasteiger partial charge on any atom is 0.274 e. The van der Waals surface area contributed by atoms with Gasteiger partial charge in [0.15, 0.2) is 0 Å². The summed E-state index contributed by atoms with van der Waals surface area (Å²) in [6, 6.07) is 1.84. The second kappa shape index (κ2) is 6.31. The molecule has 0 aromatic carbocycles. The van der Waals surface area contributed by atoms with Gasteiger partial charge in [-0.1, -0.05) is 0 Å². The number of piperidine rings is 1. The highest BCUT2D eigenvalue weighted by Gasteiger charge is 2.42. The first-order chi connectivity index (χ1) is 11.1. The van der Waals surface area contributed by atoms with Crippen LogP contribution in [-0.2, 0) is 9.53 Å². The Hall–Kier alpha value is -1.89. The van der Waals surface area contributed by atoms with Crippen LogP contribution >= 0.6 is 0 Å². The van der Waals surface area contributed by atoms with Crippen LogP contribution in [-0.4, -0.2) is 53.7 Å². The summed E-state index contributed by atoms with van der Waals surface area (Å²) in [6.45, 7) is 1.43. The Labute approximate surface area is 135 Å². The normalized spacial score (nSPS) is 24.7. The van der Waals surface area contributed by atoms with Crippen molar-refractivity contribution in [3.8, 4) is 0 Å². The Morgan fingerprint density at radius 3 is 2.96 bits per heavy atom. The van der Waals surface area contributed by atoms with Crippen molar-refractivity contribution < 1.29 is 14.3 Å². The first-order valence-electron chi connectivity index (χ1n) is 8.19. The van der Waals surface area contributed by atoms with E-state index < -0.39 is 5.41 Å². The van der Waals surface area contributed by atoms with Crippen molar-refractivity contribution >= 4 is 11.8 Å². The van der Waals surface area contributed by atoms with Gasteiger partial charge >= 0.3 is 0 Å². The minimum atomic E-state index is -0.695. The number of hydrogen-bond acceptors (Lipinski definition) is 4. The number of nitrogens with zero attached hydrogens (tertiary/aromatic N) is 2. The van der Waals surface area contributed by atoms with Gasteiger partial charge in [0.2, 0.25) is 5.91 Å². The molecule has 0 radical (unpaired) electrons. The zero-order valence-corrected chi connectivity index (χ0v) is 13.5. The second-order valence-corrected chi connectivity index (χ2v) is 6.70. The Kier molecular flexibility index (Phi) is 4.39. The predicted octanol–water partition coefficient (Wildman–Crippen LogP) is 1.03. The molecule has 1 saturated carbocycles. The summed E-state index contributed by atoms with van der Waals surface area (Å²) in [7, 11) is 1.60. The van der Waals surface area contributed by atoms with Gasteiger partial charge in [-0.25, -0.2) is 0 Å². The van der Waals surface area contributed by atoms with Gasteiger partial charge in [-0.2, -0.15) is 5.10 Å². The molecule has 2 amide bonds. The van der Waals surface area contributed by atoms with Crippen molar-refractivity contribution in [2.45, 2.75) is 38.0 Å². The number of carbonyl (C=O) groups excluding carboxylic acids is 2. The van der Waals surface area contributed by atoms with E-state index in [1.54, 1.807) is 12.0 Å². The van der Waals surface area contributed by atoms with Crippen LogP contribution < -0.4 is 5.73 Å². The van der Waals surface area contributed by atoms with Crippen LogP contribution in [0.5, 0.6) is 0 Å². The van der Waals surface area contributed by atoms with Crippen molar-refractivity contribution in [2.24, 2.45) is 11.1 Å². The summed E-state index contributed by atoms with van der Waals surface area (Å²) in [5.41, 5.74) is 6.41. The molecule has 0 bridgehead atoms. The number of hydrogen-bond donors (Lipinski definition) is 2. The van der Waals surface area contributed by atoms with Crippen LogP contribution in [0.25, 0.3) is 0 Å². The monoisotopic (exact) mass is 320 g/mol. The largest absolute Gasteiger partial charge is 0.385 e. The maximum absolute atomic E-state index is 12.7. The SMILES string of the molecule is COCCC1(C(N)=O)CCCN(C(=O)c2cc(C3CC3)[nH]n2)C1. The van der Waals surface area contributed by atoms with E-state index in [4.69, 9.17) is 10.5 Å². The number of H-pyrrole nitrogens is 1. The fourth-order valence-corrected chi connectivity index (χ4v) is 3.34. The third-order valence-electron chi connectivity index (χ3n) is 5.01. The van der Waals surface area contributed by atoms with Crippen LogP contribution in [0.15, 0.2) is 6.07 Å². The summed E-state index contributed by atoms with van der Waals surface area (Å²) >= 11 is 0. The van der Waals surface area contributed by atoms with E-state index in [9.17, 15) is 9.59 Å². The van der Waals surface area contributed by atoms with E-state index in [2.05, 4.69) is 10.2 Å². The highest BCUT2D eigenvalue weighted by atomic mass is 16.5. The number of aromatic amines is 1. The molecule has 1 unspecified atom stereocenters. The standard InChI is InChI=1S/C16H24N4O3/c1-23-8-6-16(15(17)22)5-2-7-20(10-16)14(21)13-9-12(18-19-13)11-3-4-11/h9,11H,2-8,10H2,1H3,(H2,17,22)(H,18,19). The third-order valence-corrected chi connectivity index (χ3v) is 5.01. The molecule has 7 nitrogen and oxygen atoms in total. The summed E-state index contributed by atoms with van der Waals surface area (Å²) in [6.07, 6.45) is 4.31. The maximum atomic E-state index is 12.7. The van der Waals surface area contributed by atoms with Gasteiger partial charge in [-0.05, 0) is 38.2 Å². The van der Waals surface area contributed by atoms with Crippen LogP contribution in [0.4, 0.5) is 0 Å². The van der Waals surface area contributed by atoms with Crippen LogP contribution in [0.2, 0.25) is 0 Å². The van der Waals surface area contributed by atoms with Crippen LogP contribution in [0.1, 0.15) is 54.2 Å². The lowest BCUT2D eigenvalue weighted by Gasteiger charge is -2.40. The smallest absolute Gasteiger partial charge is 0.274 e. The minimum absolute atomic E-state index is 0.129. The number of amides is 2. The fraction of sp³-hybridized carbons (Fsp3) is 0.688. The first-order valence-corrected chi connectivity index (χ1v) is 8.19. The Morgan fingerprint density at radius 1 is 1.52 bits per heavy atom. The molecule has 1 saturated heterocycles. The molecule has 3 N–H and O–H groups in total. The highest BCUT2D eigenvalue weighted by Crippen LogP contribution is 2.39. The number of nitrogens with two attached hydrogens (primary N) is 1. The molecule has 0 spiro atoms. The highest BCUT2D eigenvalue weighted by molar-refractivity contribution is 5.93. The third kappa shape index (κ3) is 3.24. The van der Waals surface area contributed by atoms with E-state index in [1.165, 1.54) is 0 Å². The van der Waals surface area contributed by atoms with E-state index in [0.29, 0.717) is 44.1 Å². The fourth-order valence-electron chi connectivity index (χ4n) is 3.34. The van der Waals surface area contributed by atoms with Gasteiger partial charge in [0, 0.05) is 38.4 Å². The lowest BCUT2D eigenvalue weighted by atomic mass is 9.76. The van der Waals surface area contributed by atoms with Gasteiger partial charge in [0.05, 0.1) is 5.41 Å². The molecule has 3 rings (SSSR count). The van der Waals surface area contributed by atoms with Crippen molar-refractivity contribution in [2.75, 3.05) is 26.8 Å². The van der Waals surface area contributed by atoms with Gasteiger partial charge < -0.3 is 15.4 Å². The van der Waals surface area contributed by atoms with Crippen molar-refractivity contribution in [1.82, 2.24) is 15.1 Å². The summed E-state index contributed by atoms with van der Waals surface area (Å²) < 4.78 is 5.11. The molecular formula is C16H24N4O3. The Balaban J connectivity index is 1.73. The van der Waals surface area contributed by atoms with Gasteiger partial charge in [-0.3, -0.25) is 14.7 Å². The van der Waals surface area contributed by atoms with Gasteiger partial charge in [0.1, 0.15) is 5.69 Å². The number of primary amides is 1.